The second kappa shape index (κ2) is 11.9. The van der Waals surface area contributed by atoms with Gasteiger partial charge in [-0.05, 0) is 55.5 Å². The third kappa shape index (κ3) is 6.25. The first-order chi connectivity index (χ1) is 17.3. The Morgan fingerprint density at radius 3 is 2.36 bits per heavy atom. The molecule has 0 saturated carbocycles. The van der Waals surface area contributed by atoms with Gasteiger partial charge in [-0.15, -0.1) is 0 Å². The molecule has 3 rings (SSSR count). The first-order valence-corrected chi connectivity index (χ1v) is 12.3. The number of hydrogen-bond acceptors (Lipinski definition) is 8. The number of nitrogens with zero attached hydrogens (tertiary/aromatic N) is 2. The minimum absolute atomic E-state index is 0.0115. The van der Waals surface area contributed by atoms with Gasteiger partial charge in [-0.1, -0.05) is 12.1 Å². The minimum atomic E-state index is -4.21. The van der Waals surface area contributed by atoms with Crippen LogP contribution in [0.2, 0.25) is 0 Å². The van der Waals surface area contributed by atoms with Gasteiger partial charge >= 0.3 is 0 Å². The maximum atomic E-state index is 13.6. The third-order valence-corrected chi connectivity index (χ3v) is 6.77. The Labute approximate surface area is 209 Å². The smallest absolute Gasteiger partial charge is 0.264 e. The Bertz CT molecular complexity index is 1330. The van der Waals surface area contributed by atoms with Crippen LogP contribution in [0, 0.1) is 0 Å². The molecule has 11 heteroatoms. The number of ether oxygens (including phenoxy) is 3. The van der Waals surface area contributed by atoms with Gasteiger partial charge in [0.2, 0.25) is 0 Å². The molecule has 0 spiro atoms. The van der Waals surface area contributed by atoms with Crippen molar-refractivity contribution in [2.24, 2.45) is 5.10 Å². The molecule has 0 aliphatic carbocycles. The molecule has 0 saturated heterocycles. The van der Waals surface area contributed by atoms with Gasteiger partial charge < -0.3 is 19.3 Å². The van der Waals surface area contributed by atoms with Crippen LogP contribution in [-0.4, -0.2) is 53.0 Å². The van der Waals surface area contributed by atoms with Gasteiger partial charge in [-0.25, -0.2) is 13.8 Å². The van der Waals surface area contributed by atoms with E-state index in [1.807, 2.05) is 6.92 Å². The van der Waals surface area contributed by atoms with E-state index in [0.717, 1.165) is 4.31 Å². The van der Waals surface area contributed by atoms with Crippen molar-refractivity contribution >= 4 is 27.8 Å². The average Bonchev–Trinajstić information content (AvgIpc) is 2.88. The van der Waals surface area contributed by atoms with Crippen LogP contribution in [0.15, 0.2) is 76.7 Å². The fourth-order valence-electron chi connectivity index (χ4n) is 3.23. The molecule has 0 atom stereocenters. The van der Waals surface area contributed by atoms with Gasteiger partial charge in [0.15, 0.2) is 11.5 Å². The molecule has 36 heavy (non-hydrogen) atoms. The average molecular weight is 514 g/mol. The molecule has 10 nitrogen and oxygen atoms in total. The van der Waals surface area contributed by atoms with E-state index < -0.39 is 22.5 Å². The quantitative estimate of drug-likeness (QED) is 0.298. The highest BCUT2D eigenvalue weighted by atomic mass is 32.2. The second-order valence-electron chi connectivity index (χ2n) is 7.31. The zero-order valence-corrected chi connectivity index (χ0v) is 20.9. The number of methoxy groups -OCH3 is 2. The number of carbonyl (C=O) groups excluding carboxylic acids is 1. The fraction of sp³-hybridized carbons (Fsp3) is 0.200. The van der Waals surface area contributed by atoms with Crippen molar-refractivity contribution in [3.63, 3.8) is 0 Å². The molecule has 1 amide bonds. The summed E-state index contributed by atoms with van der Waals surface area (Å²) in [4.78, 5) is 12.6. The van der Waals surface area contributed by atoms with E-state index in [1.165, 1.54) is 44.7 Å². The SMILES string of the molecule is CCOc1ccc(N(CC(=O)N/N=C\c2ccccc2O)S(=O)(=O)c2ccc(OC)c(OC)c2)cc1. The normalized spacial score (nSPS) is 11.2. The van der Waals surface area contributed by atoms with Crippen molar-refractivity contribution in [1.82, 2.24) is 5.43 Å². The number of para-hydroxylation sites is 1. The summed E-state index contributed by atoms with van der Waals surface area (Å²) in [6, 6.07) is 16.9. The Morgan fingerprint density at radius 1 is 1.03 bits per heavy atom. The number of hydrogen-bond donors (Lipinski definition) is 2. The van der Waals surface area contributed by atoms with Crippen LogP contribution in [0.5, 0.6) is 23.0 Å². The molecule has 190 valence electrons. The summed E-state index contributed by atoms with van der Waals surface area (Å²) in [7, 11) is -1.37. The Kier molecular flexibility index (Phi) is 8.74. The van der Waals surface area contributed by atoms with E-state index in [-0.39, 0.29) is 22.1 Å². The second-order valence-corrected chi connectivity index (χ2v) is 9.17. The number of rotatable bonds is 11. The molecule has 0 heterocycles. The van der Waals surface area contributed by atoms with Crippen LogP contribution in [-0.2, 0) is 14.8 Å². The largest absolute Gasteiger partial charge is 0.507 e. The Morgan fingerprint density at radius 2 is 1.72 bits per heavy atom. The summed E-state index contributed by atoms with van der Waals surface area (Å²) < 4.78 is 44.1. The zero-order valence-electron chi connectivity index (χ0n) is 20.0. The van der Waals surface area contributed by atoms with E-state index in [9.17, 15) is 18.3 Å². The number of phenols is 1. The summed E-state index contributed by atoms with van der Waals surface area (Å²) in [5.74, 6) is 0.436. The van der Waals surface area contributed by atoms with E-state index in [1.54, 1.807) is 42.5 Å². The van der Waals surface area contributed by atoms with Gasteiger partial charge in [0.1, 0.15) is 18.0 Å². The first-order valence-electron chi connectivity index (χ1n) is 10.9. The van der Waals surface area contributed by atoms with Crippen LogP contribution >= 0.6 is 0 Å². The summed E-state index contributed by atoms with van der Waals surface area (Å²) in [6.45, 7) is 1.72. The summed E-state index contributed by atoms with van der Waals surface area (Å²) in [5.41, 5.74) is 2.93. The zero-order chi connectivity index (χ0) is 26.1. The Balaban J connectivity index is 1.92. The highest BCUT2D eigenvalue weighted by molar-refractivity contribution is 7.92. The van der Waals surface area contributed by atoms with Gasteiger partial charge in [0.05, 0.1) is 37.6 Å². The van der Waals surface area contributed by atoms with Gasteiger partial charge in [-0.3, -0.25) is 9.10 Å². The van der Waals surface area contributed by atoms with Gasteiger partial charge in [0, 0.05) is 11.6 Å². The van der Waals surface area contributed by atoms with Crippen LogP contribution in [0.3, 0.4) is 0 Å². The number of carbonyl (C=O) groups is 1. The molecule has 3 aromatic carbocycles. The summed E-state index contributed by atoms with van der Waals surface area (Å²) in [5, 5.41) is 13.7. The maximum Gasteiger partial charge on any atom is 0.264 e. The van der Waals surface area contributed by atoms with Crippen LogP contribution in [0.1, 0.15) is 12.5 Å². The highest BCUT2D eigenvalue weighted by Gasteiger charge is 2.28. The lowest BCUT2D eigenvalue weighted by Gasteiger charge is -2.24. The van der Waals surface area contributed by atoms with Gasteiger partial charge in [0.25, 0.3) is 15.9 Å². The molecule has 0 unspecified atom stereocenters. The van der Waals surface area contributed by atoms with Crippen molar-refractivity contribution in [2.45, 2.75) is 11.8 Å². The lowest BCUT2D eigenvalue weighted by Crippen LogP contribution is -2.39. The number of aromatic hydroxyl groups is 1. The van der Waals surface area contributed by atoms with Gasteiger partial charge in [-0.2, -0.15) is 5.10 Å². The standard InChI is InChI=1S/C25H27N3O7S/c1-4-35-20-11-9-19(10-12-20)28(17-25(30)27-26-16-18-7-5-6-8-22(18)29)36(31,32)21-13-14-23(33-2)24(15-21)34-3/h5-16,29H,4,17H2,1-3H3,(H,27,30)/b26-16-. The molecule has 0 aliphatic heterocycles. The molecule has 2 N–H and O–H groups in total. The minimum Gasteiger partial charge on any atom is -0.507 e. The van der Waals surface area contributed by atoms with Crippen LogP contribution < -0.4 is 23.9 Å². The lowest BCUT2D eigenvalue weighted by atomic mass is 10.2. The van der Waals surface area contributed by atoms with Crippen molar-refractivity contribution in [3.05, 3.63) is 72.3 Å². The molecule has 0 fully saturated rings. The molecule has 0 aromatic heterocycles. The fourth-order valence-corrected chi connectivity index (χ4v) is 4.67. The molecular formula is C25H27N3O7S. The number of phenolic OH excluding ortho intramolecular Hbond substituents is 1. The van der Waals surface area contributed by atoms with E-state index in [2.05, 4.69) is 10.5 Å². The monoisotopic (exact) mass is 513 g/mol. The number of sulfonamides is 1. The van der Waals surface area contributed by atoms with Crippen molar-refractivity contribution in [3.8, 4) is 23.0 Å². The third-order valence-electron chi connectivity index (χ3n) is 5.00. The number of benzene rings is 3. The molecule has 0 aliphatic rings. The molecule has 0 radical (unpaired) electrons. The Hall–Kier alpha value is -4.25. The topological polar surface area (TPSA) is 127 Å². The van der Waals surface area contributed by atoms with Crippen molar-refractivity contribution < 1.29 is 32.5 Å². The lowest BCUT2D eigenvalue weighted by molar-refractivity contribution is -0.119. The van der Waals surface area contributed by atoms with E-state index >= 15 is 0 Å². The van der Waals surface area contributed by atoms with Crippen LogP contribution in [0.25, 0.3) is 0 Å². The van der Waals surface area contributed by atoms with Crippen LogP contribution in [0.4, 0.5) is 5.69 Å². The van der Waals surface area contributed by atoms with E-state index in [0.29, 0.717) is 23.7 Å². The predicted molar refractivity (Wildman–Crippen MR) is 136 cm³/mol. The molecular weight excluding hydrogens is 486 g/mol. The van der Waals surface area contributed by atoms with E-state index in [4.69, 9.17) is 14.2 Å². The predicted octanol–water partition coefficient (Wildman–Crippen LogP) is 3.15. The summed E-state index contributed by atoms with van der Waals surface area (Å²) >= 11 is 0. The highest BCUT2D eigenvalue weighted by Crippen LogP contribution is 2.32. The maximum absolute atomic E-state index is 13.6. The number of hydrazone groups is 1. The number of amides is 1. The number of anilines is 1. The number of nitrogens with one attached hydrogen (secondary N) is 1. The first kappa shape index (κ1) is 26.4. The molecule has 3 aromatic rings. The summed E-state index contributed by atoms with van der Waals surface area (Å²) in [6.07, 6.45) is 1.26. The molecule has 0 bridgehead atoms. The van der Waals surface area contributed by atoms with Crippen molar-refractivity contribution in [1.29, 1.82) is 0 Å². The van der Waals surface area contributed by atoms with Crippen molar-refractivity contribution in [2.75, 3.05) is 31.7 Å².